The molecule has 0 spiro atoms. The van der Waals surface area contributed by atoms with Gasteiger partial charge in [-0.2, -0.15) is 0 Å². The van der Waals surface area contributed by atoms with Crippen LogP contribution in [0.1, 0.15) is 25.7 Å². The van der Waals surface area contributed by atoms with Crippen LogP contribution in [0.25, 0.3) is 0 Å². The first-order chi connectivity index (χ1) is 8.67. The Bertz CT molecular complexity index is 437. The number of benzene rings is 1. The summed E-state index contributed by atoms with van der Waals surface area (Å²) in [6, 6.07) is 7.92. The fraction of sp³-hybridized carbons (Fsp3) is 0.571. The van der Waals surface area contributed by atoms with Crippen LogP contribution in [0, 0.1) is 0 Å². The molecule has 0 radical (unpaired) electrons. The third kappa shape index (κ3) is 2.12. The van der Waals surface area contributed by atoms with Gasteiger partial charge < -0.3 is 15.4 Å². The highest BCUT2D eigenvalue weighted by atomic mass is 79.9. The summed E-state index contributed by atoms with van der Waals surface area (Å²) < 4.78 is 6.43. The lowest BCUT2D eigenvalue weighted by atomic mass is 9.97. The molecular formula is C14H19BrN2O. The van der Waals surface area contributed by atoms with Crippen molar-refractivity contribution in [3.63, 3.8) is 0 Å². The van der Waals surface area contributed by atoms with Crippen molar-refractivity contribution in [2.24, 2.45) is 5.73 Å². The lowest BCUT2D eigenvalue weighted by Gasteiger charge is -2.39. The number of anilines is 1. The standard InChI is InChI=1S/C14H19BrN2O/c1-18-14-5-9(15)4-13(8-14)17-11-2-3-12(17)7-10(16)6-11/h4-5,8,10-12H,2-3,6-7,16H2,1H3. The van der Waals surface area contributed by atoms with Gasteiger partial charge in [0.1, 0.15) is 5.75 Å². The van der Waals surface area contributed by atoms with Crippen LogP contribution in [0.15, 0.2) is 22.7 Å². The van der Waals surface area contributed by atoms with Crippen LogP contribution in [-0.2, 0) is 0 Å². The van der Waals surface area contributed by atoms with Crippen molar-refractivity contribution in [2.75, 3.05) is 12.0 Å². The fourth-order valence-corrected chi connectivity index (χ4v) is 3.92. The smallest absolute Gasteiger partial charge is 0.122 e. The van der Waals surface area contributed by atoms with Crippen molar-refractivity contribution in [2.45, 2.75) is 43.8 Å². The van der Waals surface area contributed by atoms with E-state index < -0.39 is 0 Å². The molecule has 0 aromatic heterocycles. The Balaban J connectivity index is 1.93. The molecule has 3 rings (SSSR count). The van der Waals surface area contributed by atoms with Gasteiger partial charge >= 0.3 is 0 Å². The molecular weight excluding hydrogens is 292 g/mol. The lowest BCUT2D eigenvalue weighted by Crippen LogP contribution is -2.47. The zero-order chi connectivity index (χ0) is 12.7. The summed E-state index contributed by atoms with van der Waals surface area (Å²) >= 11 is 3.56. The van der Waals surface area contributed by atoms with Gasteiger partial charge in [0.15, 0.2) is 0 Å². The summed E-state index contributed by atoms with van der Waals surface area (Å²) in [5.41, 5.74) is 7.39. The second kappa shape index (κ2) is 4.74. The molecule has 2 N–H and O–H groups in total. The van der Waals surface area contributed by atoms with Crippen LogP contribution < -0.4 is 15.4 Å². The number of piperidine rings is 1. The SMILES string of the molecule is COc1cc(Br)cc(N2C3CCC2CC(N)C3)c1. The summed E-state index contributed by atoms with van der Waals surface area (Å²) in [5.74, 6) is 0.911. The Labute approximate surface area is 116 Å². The molecule has 18 heavy (non-hydrogen) atoms. The molecule has 3 nitrogen and oxygen atoms in total. The van der Waals surface area contributed by atoms with Crippen molar-refractivity contribution in [1.29, 1.82) is 0 Å². The minimum absolute atomic E-state index is 0.382. The first kappa shape index (κ1) is 12.3. The van der Waals surface area contributed by atoms with Gasteiger partial charge in [-0.25, -0.2) is 0 Å². The molecule has 0 saturated carbocycles. The van der Waals surface area contributed by atoms with Crippen LogP contribution in [-0.4, -0.2) is 25.2 Å². The van der Waals surface area contributed by atoms with Crippen molar-refractivity contribution < 1.29 is 4.74 Å². The molecule has 2 bridgehead atoms. The van der Waals surface area contributed by atoms with E-state index in [1.54, 1.807) is 7.11 Å². The average molecular weight is 311 g/mol. The van der Waals surface area contributed by atoms with Crippen LogP contribution in [0.5, 0.6) is 5.75 Å². The van der Waals surface area contributed by atoms with Gasteiger partial charge in [0.25, 0.3) is 0 Å². The van der Waals surface area contributed by atoms with E-state index in [0.29, 0.717) is 18.1 Å². The van der Waals surface area contributed by atoms with Crippen molar-refractivity contribution in [3.05, 3.63) is 22.7 Å². The monoisotopic (exact) mass is 310 g/mol. The highest BCUT2D eigenvalue weighted by molar-refractivity contribution is 9.10. The maximum Gasteiger partial charge on any atom is 0.122 e. The predicted molar refractivity (Wildman–Crippen MR) is 77.2 cm³/mol. The molecule has 2 unspecified atom stereocenters. The minimum Gasteiger partial charge on any atom is -0.497 e. The van der Waals surface area contributed by atoms with Crippen molar-refractivity contribution in [1.82, 2.24) is 0 Å². The maximum atomic E-state index is 6.12. The van der Waals surface area contributed by atoms with Crippen LogP contribution in [0.4, 0.5) is 5.69 Å². The largest absolute Gasteiger partial charge is 0.497 e. The maximum absolute atomic E-state index is 6.12. The topological polar surface area (TPSA) is 38.5 Å². The summed E-state index contributed by atoms with van der Waals surface area (Å²) in [6.45, 7) is 0. The lowest BCUT2D eigenvalue weighted by molar-refractivity contribution is 0.406. The number of nitrogens with two attached hydrogens (primary N) is 1. The van der Waals surface area contributed by atoms with Crippen LogP contribution >= 0.6 is 15.9 Å². The molecule has 2 aliphatic heterocycles. The average Bonchev–Trinajstić information content (AvgIpc) is 2.61. The second-order valence-electron chi connectivity index (χ2n) is 5.37. The summed E-state index contributed by atoms with van der Waals surface area (Å²) in [5, 5.41) is 0. The highest BCUT2D eigenvalue weighted by Crippen LogP contribution is 2.40. The molecule has 1 aromatic rings. The number of rotatable bonds is 2. The van der Waals surface area contributed by atoms with Gasteiger partial charge in [0, 0.05) is 34.4 Å². The van der Waals surface area contributed by atoms with Gasteiger partial charge in [-0.15, -0.1) is 0 Å². The first-order valence-corrected chi connectivity index (χ1v) is 7.35. The number of halogens is 1. The van der Waals surface area contributed by atoms with Crippen molar-refractivity contribution >= 4 is 21.6 Å². The molecule has 1 aromatic carbocycles. The van der Waals surface area contributed by atoms with Gasteiger partial charge in [0.05, 0.1) is 7.11 Å². The number of ether oxygens (including phenoxy) is 1. The van der Waals surface area contributed by atoms with E-state index in [9.17, 15) is 0 Å². The third-order valence-electron chi connectivity index (χ3n) is 4.16. The number of hydrogen-bond donors (Lipinski definition) is 1. The van der Waals surface area contributed by atoms with E-state index in [-0.39, 0.29) is 0 Å². The summed E-state index contributed by atoms with van der Waals surface area (Å²) in [7, 11) is 1.71. The zero-order valence-corrected chi connectivity index (χ0v) is 12.2. The molecule has 98 valence electrons. The summed E-state index contributed by atoms with van der Waals surface area (Å²) in [4.78, 5) is 2.55. The predicted octanol–water partition coefficient (Wildman–Crippen LogP) is 2.92. The quantitative estimate of drug-likeness (QED) is 0.913. The Morgan fingerprint density at radius 1 is 1.22 bits per heavy atom. The molecule has 4 heteroatoms. The Morgan fingerprint density at radius 3 is 2.50 bits per heavy atom. The zero-order valence-electron chi connectivity index (χ0n) is 10.6. The van der Waals surface area contributed by atoms with Crippen molar-refractivity contribution in [3.8, 4) is 5.75 Å². The number of methoxy groups -OCH3 is 1. The fourth-order valence-electron chi connectivity index (χ4n) is 3.46. The van der Waals surface area contributed by atoms with Gasteiger partial charge in [-0.3, -0.25) is 0 Å². The molecule has 0 aliphatic carbocycles. The molecule has 2 heterocycles. The third-order valence-corrected chi connectivity index (χ3v) is 4.62. The van der Waals surface area contributed by atoms with Gasteiger partial charge in [-0.05, 0) is 37.8 Å². The molecule has 2 atom stereocenters. The molecule has 2 aliphatic rings. The highest BCUT2D eigenvalue weighted by Gasteiger charge is 2.39. The van der Waals surface area contributed by atoms with E-state index in [1.165, 1.54) is 18.5 Å². The number of nitrogens with zero attached hydrogens (tertiary/aromatic N) is 1. The summed E-state index contributed by atoms with van der Waals surface area (Å²) in [6.07, 6.45) is 4.77. The molecule has 2 saturated heterocycles. The van der Waals surface area contributed by atoms with Gasteiger partial charge in [-0.1, -0.05) is 15.9 Å². The molecule has 0 amide bonds. The van der Waals surface area contributed by atoms with E-state index in [1.807, 2.05) is 6.07 Å². The normalized spacial score (nSPS) is 30.6. The first-order valence-electron chi connectivity index (χ1n) is 6.56. The Hall–Kier alpha value is -0.740. The van der Waals surface area contributed by atoms with E-state index >= 15 is 0 Å². The Morgan fingerprint density at radius 2 is 1.89 bits per heavy atom. The molecule has 2 fully saturated rings. The van der Waals surface area contributed by atoms with E-state index in [0.717, 1.165) is 23.1 Å². The number of fused-ring (bicyclic) bond motifs is 2. The van der Waals surface area contributed by atoms with Gasteiger partial charge in [0.2, 0.25) is 0 Å². The minimum atomic E-state index is 0.382. The van der Waals surface area contributed by atoms with E-state index in [4.69, 9.17) is 10.5 Å². The van der Waals surface area contributed by atoms with E-state index in [2.05, 4.69) is 33.0 Å². The Kier molecular flexibility index (Phi) is 3.24. The second-order valence-corrected chi connectivity index (χ2v) is 6.29. The van der Waals surface area contributed by atoms with Crippen LogP contribution in [0.2, 0.25) is 0 Å². The van der Waals surface area contributed by atoms with Crippen LogP contribution in [0.3, 0.4) is 0 Å². The number of hydrogen-bond acceptors (Lipinski definition) is 3.